The molecule has 0 aromatic carbocycles. The lowest BCUT2D eigenvalue weighted by Crippen LogP contribution is -2.17. The van der Waals surface area contributed by atoms with Crippen LogP contribution in [0.15, 0.2) is 0 Å². The van der Waals surface area contributed by atoms with E-state index in [1.54, 1.807) is 6.92 Å². The number of ether oxygens (including phenoxy) is 1. The largest absolute Gasteiger partial charge is 0.462 e. The van der Waals surface area contributed by atoms with E-state index in [1.807, 2.05) is 0 Å². The van der Waals surface area contributed by atoms with Gasteiger partial charge in [0.2, 0.25) is 5.91 Å². The third-order valence-corrected chi connectivity index (χ3v) is 5.60. The van der Waals surface area contributed by atoms with Crippen molar-refractivity contribution in [1.82, 2.24) is 0 Å². The zero-order valence-electron chi connectivity index (χ0n) is 12.8. The number of nitrogens with one attached hydrogen (secondary N) is 1. The highest BCUT2D eigenvalue weighted by molar-refractivity contribution is 7.99. The number of rotatable bonds is 7. The molecule has 0 saturated carbocycles. The van der Waals surface area contributed by atoms with Crippen molar-refractivity contribution < 1.29 is 14.3 Å². The minimum absolute atomic E-state index is 0.0948. The molecule has 0 aliphatic heterocycles. The second kappa shape index (κ2) is 8.55. The highest BCUT2D eigenvalue weighted by atomic mass is 32.2. The van der Waals surface area contributed by atoms with E-state index >= 15 is 0 Å². The fraction of sp³-hybridized carbons (Fsp3) is 0.600. The molecule has 2 rings (SSSR count). The van der Waals surface area contributed by atoms with Crippen molar-refractivity contribution in [3.05, 3.63) is 16.0 Å². The van der Waals surface area contributed by atoms with Crippen molar-refractivity contribution in [2.24, 2.45) is 5.73 Å². The lowest BCUT2D eigenvalue weighted by molar-refractivity contribution is -0.113. The van der Waals surface area contributed by atoms with Crippen LogP contribution in [0, 0.1) is 0 Å². The van der Waals surface area contributed by atoms with E-state index < -0.39 is 0 Å². The number of carbonyl (C=O) groups excluding carboxylic acids is 2. The van der Waals surface area contributed by atoms with Crippen molar-refractivity contribution in [1.29, 1.82) is 0 Å². The number of nitrogens with two attached hydrogens (primary N) is 1. The molecule has 1 heterocycles. The summed E-state index contributed by atoms with van der Waals surface area (Å²) in [6, 6.07) is 0. The first-order valence-electron chi connectivity index (χ1n) is 7.56. The molecule has 122 valence electrons. The maximum atomic E-state index is 12.3. The van der Waals surface area contributed by atoms with Crippen LogP contribution >= 0.6 is 23.1 Å². The predicted octanol–water partition coefficient (Wildman–Crippen LogP) is 2.43. The summed E-state index contributed by atoms with van der Waals surface area (Å²) in [6.07, 6.45) is 4.08. The molecule has 1 aliphatic rings. The van der Waals surface area contributed by atoms with Gasteiger partial charge in [0, 0.05) is 17.2 Å². The molecule has 1 aromatic heterocycles. The smallest absolute Gasteiger partial charge is 0.341 e. The van der Waals surface area contributed by atoms with Gasteiger partial charge in [-0.3, -0.25) is 4.79 Å². The second-order valence-corrected chi connectivity index (χ2v) is 7.24. The molecule has 0 bridgehead atoms. The molecule has 5 nitrogen and oxygen atoms in total. The number of hydrogen-bond donors (Lipinski definition) is 2. The van der Waals surface area contributed by atoms with Crippen LogP contribution in [-0.4, -0.2) is 36.5 Å². The Morgan fingerprint density at radius 1 is 1.36 bits per heavy atom. The Morgan fingerprint density at radius 3 is 2.86 bits per heavy atom. The average molecular weight is 342 g/mol. The summed E-state index contributed by atoms with van der Waals surface area (Å²) in [6.45, 7) is 2.68. The van der Waals surface area contributed by atoms with Crippen LogP contribution in [0.1, 0.15) is 40.6 Å². The second-order valence-electron chi connectivity index (χ2n) is 5.02. The van der Waals surface area contributed by atoms with Crippen molar-refractivity contribution in [2.45, 2.75) is 32.6 Å². The summed E-state index contributed by atoms with van der Waals surface area (Å²) in [5, 5.41) is 3.53. The summed E-state index contributed by atoms with van der Waals surface area (Å²) in [5.41, 5.74) is 7.06. The van der Waals surface area contributed by atoms with E-state index in [1.165, 1.54) is 28.0 Å². The van der Waals surface area contributed by atoms with Gasteiger partial charge in [0.1, 0.15) is 5.00 Å². The quantitative estimate of drug-likeness (QED) is 0.587. The van der Waals surface area contributed by atoms with E-state index in [4.69, 9.17) is 10.5 Å². The summed E-state index contributed by atoms with van der Waals surface area (Å²) in [7, 11) is 0. The molecule has 1 aromatic rings. The van der Waals surface area contributed by atoms with E-state index in [0.717, 1.165) is 37.0 Å². The molecular weight excluding hydrogens is 320 g/mol. The lowest BCUT2D eigenvalue weighted by Gasteiger charge is -2.12. The van der Waals surface area contributed by atoms with Crippen molar-refractivity contribution in [3.8, 4) is 0 Å². The molecule has 0 saturated heterocycles. The highest BCUT2D eigenvalue weighted by Crippen LogP contribution is 2.38. The normalized spacial score (nSPS) is 13.5. The molecule has 1 aliphatic carbocycles. The average Bonchev–Trinajstić information content (AvgIpc) is 2.85. The van der Waals surface area contributed by atoms with Gasteiger partial charge in [-0.1, -0.05) is 0 Å². The van der Waals surface area contributed by atoms with Gasteiger partial charge in [-0.2, -0.15) is 11.8 Å². The molecule has 0 unspecified atom stereocenters. The Labute approximate surface area is 139 Å². The maximum Gasteiger partial charge on any atom is 0.341 e. The van der Waals surface area contributed by atoms with Gasteiger partial charge in [-0.25, -0.2) is 4.79 Å². The molecule has 0 spiro atoms. The minimum atomic E-state index is -0.327. The molecule has 0 fully saturated rings. The van der Waals surface area contributed by atoms with Gasteiger partial charge >= 0.3 is 5.97 Å². The van der Waals surface area contributed by atoms with Gasteiger partial charge in [-0.15, -0.1) is 11.3 Å². The summed E-state index contributed by atoms with van der Waals surface area (Å²) in [4.78, 5) is 25.5. The molecule has 7 heteroatoms. The molecular formula is C15H22N2O3S2. The van der Waals surface area contributed by atoms with E-state index in [2.05, 4.69) is 5.32 Å². The monoisotopic (exact) mass is 342 g/mol. The number of fused-ring (bicyclic) bond motifs is 1. The first kappa shape index (κ1) is 17.3. The van der Waals surface area contributed by atoms with Gasteiger partial charge < -0.3 is 15.8 Å². The first-order valence-corrected chi connectivity index (χ1v) is 9.53. The maximum absolute atomic E-state index is 12.3. The Kier molecular flexibility index (Phi) is 6.72. The first-order chi connectivity index (χ1) is 10.7. The van der Waals surface area contributed by atoms with Crippen LogP contribution in [0.3, 0.4) is 0 Å². The van der Waals surface area contributed by atoms with Crippen LogP contribution < -0.4 is 11.1 Å². The van der Waals surface area contributed by atoms with Crippen LogP contribution in [0.5, 0.6) is 0 Å². The van der Waals surface area contributed by atoms with Crippen molar-refractivity contribution in [2.75, 3.05) is 30.0 Å². The lowest BCUT2D eigenvalue weighted by atomic mass is 9.95. The van der Waals surface area contributed by atoms with Crippen LogP contribution in [0.25, 0.3) is 0 Å². The zero-order chi connectivity index (χ0) is 15.9. The van der Waals surface area contributed by atoms with Crippen LogP contribution in [-0.2, 0) is 22.4 Å². The Morgan fingerprint density at radius 2 is 2.14 bits per heavy atom. The Hall–Kier alpha value is -1.05. The topological polar surface area (TPSA) is 81.4 Å². The fourth-order valence-electron chi connectivity index (χ4n) is 2.48. The number of aryl methyl sites for hydroxylation is 1. The number of anilines is 1. The van der Waals surface area contributed by atoms with Gasteiger partial charge in [0.25, 0.3) is 0 Å². The molecule has 3 N–H and O–H groups in total. The SMILES string of the molecule is CCOC(=O)c1c(NC(=O)CSCCN)sc2c1CCCC2. The third-order valence-electron chi connectivity index (χ3n) is 3.40. The van der Waals surface area contributed by atoms with Crippen molar-refractivity contribution >= 4 is 40.0 Å². The molecule has 1 amide bonds. The minimum Gasteiger partial charge on any atom is -0.462 e. The Balaban J connectivity index is 2.17. The number of hydrogen-bond acceptors (Lipinski definition) is 6. The summed E-state index contributed by atoms with van der Waals surface area (Å²) >= 11 is 3.01. The van der Waals surface area contributed by atoms with E-state index in [9.17, 15) is 9.59 Å². The van der Waals surface area contributed by atoms with E-state index in [-0.39, 0.29) is 11.9 Å². The third kappa shape index (κ3) is 4.24. The van der Waals surface area contributed by atoms with Crippen LogP contribution in [0.4, 0.5) is 5.00 Å². The number of esters is 1. The fourth-order valence-corrected chi connectivity index (χ4v) is 4.35. The standard InChI is InChI=1S/C15H22N2O3S2/c1-2-20-15(19)13-10-5-3-4-6-11(10)22-14(13)17-12(18)9-21-8-7-16/h2-9,16H2,1H3,(H,17,18). The number of carbonyl (C=O) groups is 2. The Bertz CT molecular complexity index is 543. The van der Waals surface area contributed by atoms with E-state index in [0.29, 0.717) is 29.5 Å². The van der Waals surface area contributed by atoms with Crippen LogP contribution in [0.2, 0.25) is 0 Å². The van der Waals surface area contributed by atoms with Gasteiger partial charge in [0.15, 0.2) is 0 Å². The predicted molar refractivity (Wildman–Crippen MR) is 91.9 cm³/mol. The molecule has 22 heavy (non-hydrogen) atoms. The number of thioether (sulfide) groups is 1. The van der Waals surface area contributed by atoms with Crippen molar-refractivity contribution in [3.63, 3.8) is 0 Å². The molecule has 0 atom stereocenters. The summed E-state index contributed by atoms with van der Waals surface area (Å²) in [5.74, 6) is 0.676. The number of thiophene rings is 1. The molecule has 0 radical (unpaired) electrons. The zero-order valence-corrected chi connectivity index (χ0v) is 14.4. The number of amides is 1. The highest BCUT2D eigenvalue weighted by Gasteiger charge is 2.27. The summed E-state index contributed by atoms with van der Waals surface area (Å²) < 4.78 is 5.17. The van der Waals surface area contributed by atoms with Gasteiger partial charge in [-0.05, 0) is 38.2 Å². The van der Waals surface area contributed by atoms with Gasteiger partial charge in [0.05, 0.1) is 17.9 Å².